The van der Waals surface area contributed by atoms with E-state index < -0.39 is 223 Å². The SMILES string of the molecule is CC[C@H](C)[C@H](NC(=O)[C@H](CCCCN)NC(=O)[C@@H](N)Cc1c[nH]c2ccccc12)C(=O)N[C@@H](CC(=O)O)C(=O)N[C@@H](CC(=O)O)C(=O)N[C@H](C(=O)N[C@H](C(=O)N[C@@H](CC(=O)O)C(=O)N[C@@H](Cc1ccc(O)cc1)C(=O)N[C@H](C(=O)N[C@@H](CO)C(=O)N[C@H](C(=O)O)C(C)C)[C@@H](C)CC)[C@@H](C)O)[C@@H](C)CC. The van der Waals surface area contributed by atoms with E-state index in [0.29, 0.717) is 12.8 Å². The highest BCUT2D eigenvalue weighted by Crippen LogP contribution is 2.21. The van der Waals surface area contributed by atoms with Crippen LogP contribution in [0.4, 0.5) is 0 Å². The van der Waals surface area contributed by atoms with Crippen LogP contribution in [0.25, 0.3) is 10.9 Å². The topological polar surface area (TPSA) is 598 Å². The Hall–Kier alpha value is -10.3. The van der Waals surface area contributed by atoms with Crippen molar-refractivity contribution in [3.8, 4) is 5.75 Å². The Balaban J connectivity index is 1.91. The second kappa shape index (κ2) is 42.9. The van der Waals surface area contributed by atoms with Crippen molar-refractivity contribution in [1.82, 2.24) is 63.5 Å². The summed E-state index contributed by atoms with van der Waals surface area (Å²) in [5, 5.41) is 97.2. The van der Waals surface area contributed by atoms with Crippen molar-refractivity contribution in [2.24, 2.45) is 35.1 Å². The van der Waals surface area contributed by atoms with Crippen LogP contribution in [0.2, 0.25) is 0 Å². The molecule has 0 spiro atoms. The number of unbranched alkanes of at least 4 members (excludes halogenated alkanes) is 1. The number of aliphatic carboxylic acids is 4. The van der Waals surface area contributed by atoms with Gasteiger partial charge in [-0.3, -0.25) is 67.1 Å². The summed E-state index contributed by atoms with van der Waals surface area (Å²) in [6.07, 6.45) is -2.89. The third-order valence-corrected chi connectivity index (χ3v) is 17.6. The second-order valence-electron chi connectivity index (χ2n) is 26.1. The number of aromatic hydroxyl groups is 1. The Labute approximate surface area is 600 Å². The standard InChI is InChI=1S/C68H102N14O22/c1-10-33(6)53(79-58(93)43(19-15-16-24-69)72-57(92)41(70)26-38-30-71-42-18-14-13-17-40(38)42)64(99)75-45(27-49(86)87)60(95)74-47(29-51(90)91)62(97)81-55(35(8)12-3)66(101)82-56(36(9)84)67(102)76-46(28-50(88)89)59(94)73-44(25-37-20-22-39(85)23-21-37)61(96)80-54(34(7)11-2)65(100)77-48(31-83)63(98)78-52(32(4)5)68(103)104/h13-14,17-18,20-23,30,32-36,41,43-48,52-56,71,83-85H,10-12,15-16,19,24-29,31,69-70H2,1-9H3,(H,72,92)(H,73,94)(H,74,95)(H,75,99)(H,76,102)(H,77,100)(H,78,98)(H,79,93)(H,80,96)(H,81,97)(H,82,101)(H,86,87)(H,88,89)(H,90,91)(H,103,104)/t33-,34-,35-,36+,41-,43-,44-,45-,46-,47-,48-,52-,53-,54-,55-,56-/m0/s1. The molecule has 36 heteroatoms. The van der Waals surface area contributed by atoms with Crippen LogP contribution in [-0.4, -0.2) is 221 Å². The minimum Gasteiger partial charge on any atom is -0.508 e. The molecule has 1 heterocycles. The van der Waals surface area contributed by atoms with Crippen LogP contribution in [0.3, 0.4) is 0 Å². The number of aromatic amines is 1. The van der Waals surface area contributed by atoms with Gasteiger partial charge in [-0.1, -0.05) is 105 Å². The Morgan fingerprint density at radius 1 is 0.442 bits per heavy atom. The zero-order valence-corrected chi connectivity index (χ0v) is 59.6. The normalized spacial score (nSPS) is 15.9. The summed E-state index contributed by atoms with van der Waals surface area (Å²) in [7, 11) is 0. The van der Waals surface area contributed by atoms with Gasteiger partial charge in [0, 0.05) is 23.5 Å². The molecule has 11 amide bonds. The van der Waals surface area contributed by atoms with Crippen molar-refractivity contribution >= 4 is 99.8 Å². The number of nitrogens with one attached hydrogen (secondary N) is 12. The number of phenols is 1. The Bertz CT molecular complexity index is 3480. The van der Waals surface area contributed by atoms with Gasteiger partial charge >= 0.3 is 23.9 Å². The number of aliphatic hydroxyl groups is 2. The average molecular weight is 1470 g/mol. The zero-order valence-electron chi connectivity index (χ0n) is 59.6. The summed E-state index contributed by atoms with van der Waals surface area (Å²) in [5.41, 5.74) is 13.9. The molecule has 16 atom stereocenters. The summed E-state index contributed by atoms with van der Waals surface area (Å²) in [6.45, 7) is 12.6. The Morgan fingerprint density at radius 2 is 0.817 bits per heavy atom. The average Bonchev–Trinajstić information content (AvgIpc) is 1.80. The van der Waals surface area contributed by atoms with Gasteiger partial charge in [0.15, 0.2) is 0 Å². The van der Waals surface area contributed by atoms with Crippen molar-refractivity contribution in [2.45, 2.75) is 212 Å². The van der Waals surface area contributed by atoms with Crippen molar-refractivity contribution < 1.29 is 108 Å². The number of carboxylic acids is 4. The van der Waals surface area contributed by atoms with E-state index in [2.05, 4.69) is 63.5 Å². The first-order chi connectivity index (χ1) is 48.9. The quantitative estimate of drug-likeness (QED) is 0.0253. The highest BCUT2D eigenvalue weighted by molar-refractivity contribution is 6.01. The molecule has 36 nitrogen and oxygen atoms in total. The number of carboxylic acid groups (broad SMARTS) is 4. The highest BCUT2D eigenvalue weighted by atomic mass is 16.4. The minimum absolute atomic E-state index is 0.0398. The molecule has 3 rings (SSSR count). The lowest BCUT2D eigenvalue weighted by Gasteiger charge is -2.30. The van der Waals surface area contributed by atoms with Crippen molar-refractivity contribution in [1.29, 1.82) is 0 Å². The van der Waals surface area contributed by atoms with Crippen LogP contribution in [0.1, 0.15) is 131 Å². The number of phenolic OH excluding ortho intramolecular Hbond substituents is 1. The first kappa shape index (κ1) is 87.9. The maximum atomic E-state index is 14.4. The summed E-state index contributed by atoms with van der Waals surface area (Å²) < 4.78 is 0. The molecule has 0 bridgehead atoms. The molecule has 0 fully saturated rings. The molecule has 0 unspecified atom stereocenters. The first-order valence-corrected chi connectivity index (χ1v) is 34.2. The van der Waals surface area contributed by atoms with Gasteiger partial charge in [-0.15, -0.1) is 0 Å². The van der Waals surface area contributed by atoms with E-state index in [1.165, 1.54) is 52.0 Å². The number of rotatable bonds is 46. The predicted octanol–water partition coefficient (Wildman–Crippen LogP) is -2.88. The Kier molecular flexibility index (Phi) is 36.3. The number of fused-ring (bicyclic) bond motifs is 1. The minimum atomic E-state index is -2.15. The summed E-state index contributed by atoms with van der Waals surface area (Å²) in [4.78, 5) is 206. The largest absolute Gasteiger partial charge is 0.508 e. The lowest BCUT2D eigenvalue weighted by molar-refractivity contribution is -0.144. The molecule has 23 N–H and O–H groups in total. The number of carbonyl (C=O) groups is 15. The number of hydrogen-bond acceptors (Lipinski definition) is 20. The van der Waals surface area contributed by atoms with E-state index in [9.17, 15) is 108 Å². The smallest absolute Gasteiger partial charge is 0.326 e. The molecule has 576 valence electrons. The van der Waals surface area contributed by atoms with Crippen LogP contribution in [-0.2, 0) is 84.8 Å². The third kappa shape index (κ3) is 27.8. The molecule has 0 aliphatic carbocycles. The fraction of sp³-hybridized carbons (Fsp3) is 0.574. The fourth-order valence-electron chi connectivity index (χ4n) is 10.7. The van der Waals surface area contributed by atoms with Crippen LogP contribution in [0, 0.1) is 23.7 Å². The number of hydrogen-bond donors (Lipinski definition) is 21. The van der Waals surface area contributed by atoms with E-state index in [1.807, 2.05) is 24.3 Å². The molecule has 0 aliphatic heterocycles. The van der Waals surface area contributed by atoms with E-state index in [4.69, 9.17) is 11.5 Å². The molecule has 0 radical (unpaired) electrons. The maximum Gasteiger partial charge on any atom is 0.326 e. The number of H-pyrrole nitrogens is 1. The summed E-state index contributed by atoms with van der Waals surface area (Å²) in [6, 6.07) is -8.10. The fourth-order valence-corrected chi connectivity index (χ4v) is 10.7. The third-order valence-electron chi connectivity index (χ3n) is 17.6. The molecule has 2 aromatic carbocycles. The van der Waals surface area contributed by atoms with Crippen LogP contribution >= 0.6 is 0 Å². The van der Waals surface area contributed by atoms with Gasteiger partial charge in [0.1, 0.15) is 72.2 Å². The number of aromatic nitrogens is 1. The lowest BCUT2D eigenvalue weighted by atomic mass is 9.96. The number of aliphatic hydroxyl groups excluding tert-OH is 2. The summed E-state index contributed by atoms with van der Waals surface area (Å²) in [5.74, 6) is -22.5. The van der Waals surface area contributed by atoms with Crippen LogP contribution in [0.5, 0.6) is 5.75 Å². The zero-order chi connectivity index (χ0) is 78.4. The first-order valence-electron chi connectivity index (χ1n) is 34.2. The molecular weight excluding hydrogens is 1360 g/mol. The molecule has 3 aromatic rings. The van der Waals surface area contributed by atoms with Gasteiger partial charge in [0.2, 0.25) is 65.0 Å². The van der Waals surface area contributed by atoms with Crippen molar-refractivity contribution in [3.05, 3.63) is 65.9 Å². The van der Waals surface area contributed by atoms with Crippen LogP contribution < -0.4 is 70.0 Å². The number of carbonyl (C=O) groups excluding carboxylic acids is 11. The van der Waals surface area contributed by atoms with E-state index >= 15 is 0 Å². The summed E-state index contributed by atoms with van der Waals surface area (Å²) >= 11 is 0. The van der Waals surface area contributed by atoms with Gasteiger partial charge < -0.3 is 111 Å². The van der Waals surface area contributed by atoms with Gasteiger partial charge in [-0.2, -0.15) is 0 Å². The second-order valence-corrected chi connectivity index (χ2v) is 26.1. The number of nitrogens with two attached hydrogens (primary N) is 2. The van der Waals surface area contributed by atoms with Crippen molar-refractivity contribution in [2.75, 3.05) is 13.2 Å². The van der Waals surface area contributed by atoms with Crippen LogP contribution in [0.15, 0.2) is 54.7 Å². The molecule has 0 aliphatic rings. The monoisotopic (exact) mass is 1470 g/mol. The van der Waals surface area contributed by atoms with Gasteiger partial charge in [0.05, 0.1) is 38.0 Å². The van der Waals surface area contributed by atoms with Crippen molar-refractivity contribution in [3.63, 3.8) is 0 Å². The van der Waals surface area contributed by atoms with E-state index in [1.54, 1.807) is 33.9 Å². The lowest BCUT2D eigenvalue weighted by Crippen LogP contribution is -2.63. The number of amides is 11. The maximum absolute atomic E-state index is 14.4. The van der Waals surface area contributed by atoms with Gasteiger partial charge in [0.25, 0.3) is 0 Å². The number of benzene rings is 2. The van der Waals surface area contributed by atoms with Gasteiger partial charge in [-0.05, 0) is 92.1 Å². The number of para-hydroxylation sites is 1. The molecule has 0 saturated heterocycles. The molecule has 0 saturated carbocycles. The molecule has 104 heavy (non-hydrogen) atoms. The van der Waals surface area contributed by atoms with Gasteiger partial charge in [-0.25, -0.2) is 4.79 Å². The predicted molar refractivity (Wildman–Crippen MR) is 372 cm³/mol. The highest BCUT2D eigenvalue weighted by Gasteiger charge is 2.41. The van der Waals surface area contributed by atoms with E-state index in [-0.39, 0.29) is 50.0 Å². The molecular formula is C68H102N14O22. The molecule has 1 aromatic heterocycles. The van der Waals surface area contributed by atoms with E-state index in [0.717, 1.165) is 23.4 Å². The Morgan fingerprint density at radius 3 is 1.25 bits per heavy atom.